The van der Waals surface area contributed by atoms with E-state index in [2.05, 4.69) is 0 Å². The predicted molar refractivity (Wildman–Crippen MR) is 112 cm³/mol. The number of benzene rings is 3. The van der Waals surface area contributed by atoms with Crippen molar-refractivity contribution in [2.75, 3.05) is 7.11 Å². The molecule has 150 valence electrons. The quantitative estimate of drug-likeness (QED) is 0.314. The predicted octanol–water partition coefficient (Wildman–Crippen LogP) is 5.47. The van der Waals surface area contributed by atoms with Crippen molar-refractivity contribution in [2.24, 2.45) is 0 Å². The van der Waals surface area contributed by atoms with Gasteiger partial charge in [0.2, 0.25) is 11.2 Å². The smallest absolute Gasteiger partial charge is 0.345 e. The first-order chi connectivity index (χ1) is 14.5. The van der Waals surface area contributed by atoms with E-state index >= 15 is 0 Å². The van der Waals surface area contributed by atoms with Crippen LogP contribution in [0.15, 0.2) is 82.2 Å². The molecule has 0 aliphatic carbocycles. The maximum Gasteiger partial charge on any atom is 0.345 e. The molecule has 0 bridgehead atoms. The van der Waals surface area contributed by atoms with Gasteiger partial charge in [0.15, 0.2) is 0 Å². The first-order valence-electron chi connectivity index (χ1n) is 8.89. The van der Waals surface area contributed by atoms with Gasteiger partial charge in [-0.2, -0.15) is 0 Å². The fraction of sp³-hybridized carbons (Fsp3) is 0.0435. The highest BCUT2D eigenvalue weighted by molar-refractivity contribution is 6.33. The van der Waals surface area contributed by atoms with Crippen molar-refractivity contribution in [2.45, 2.75) is 0 Å². The van der Waals surface area contributed by atoms with Gasteiger partial charge in [0.1, 0.15) is 29.1 Å². The van der Waals surface area contributed by atoms with E-state index in [1.54, 1.807) is 55.6 Å². The van der Waals surface area contributed by atoms with E-state index in [0.29, 0.717) is 16.9 Å². The van der Waals surface area contributed by atoms with Gasteiger partial charge in [-0.05, 0) is 48.5 Å². The number of rotatable bonds is 5. The van der Waals surface area contributed by atoms with Crippen LogP contribution in [0.5, 0.6) is 23.0 Å². The number of ether oxygens (including phenoxy) is 3. The zero-order valence-electron chi connectivity index (χ0n) is 15.8. The van der Waals surface area contributed by atoms with Gasteiger partial charge < -0.3 is 18.6 Å². The summed E-state index contributed by atoms with van der Waals surface area (Å²) in [5, 5.41) is 0.577. The second kappa shape index (κ2) is 8.31. The molecule has 0 amide bonds. The molecule has 3 aromatic carbocycles. The lowest BCUT2D eigenvalue weighted by molar-refractivity contribution is 0.0735. The molecule has 0 saturated carbocycles. The van der Waals surface area contributed by atoms with E-state index < -0.39 is 5.97 Å². The summed E-state index contributed by atoms with van der Waals surface area (Å²) in [4.78, 5) is 25.0. The van der Waals surface area contributed by atoms with Crippen LogP contribution in [0.3, 0.4) is 0 Å². The van der Waals surface area contributed by atoms with E-state index in [9.17, 15) is 9.59 Å². The van der Waals surface area contributed by atoms with Crippen LogP contribution in [0.4, 0.5) is 0 Å². The van der Waals surface area contributed by atoms with E-state index in [-0.39, 0.29) is 33.1 Å². The van der Waals surface area contributed by atoms with E-state index in [0.717, 1.165) is 0 Å². The second-order valence-corrected chi connectivity index (χ2v) is 6.64. The minimum absolute atomic E-state index is 0.0356. The van der Waals surface area contributed by atoms with Crippen LogP contribution in [0.1, 0.15) is 10.4 Å². The van der Waals surface area contributed by atoms with E-state index in [1.165, 1.54) is 24.5 Å². The lowest BCUT2D eigenvalue weighted by Gasteiger charge is -2.08. The van der Waals surface area contributed by atoms with Gasteiger partial charge in [-0.15, -0.1) is 0 Å². The topological polar surface area (TPSA) is 75.0 Å². The molecule has 0 N–H and O–H groups in total. The normalized spacial score (nSPS) is 10.6. The number of fused-ring (bicyclic) bond motifs is 1. The summed E-state index contributed by atoms with van der Waals surface area (Å²) in [5.74, 6) is 0.786. The Morgan fingerprint density at radius 3 is 2.37 bits per heavy atom. The maximum atomic E-state index is 12.7. The third-order valence-electron chi connectivity index (χ3n) is 4.31. The van der Waals surface area contributed by atoms with Gasteiger partial charge in [-0.1, -0.05) is 23.7 Å². The van der Waals surface area contributed by atoms with Gasteiger partial charge in [0.25, 0.3) is 0 Å². The van der Waals surface area contributed by atoms with Crippen molar-refractivity contribution in [3.63, 3.8) is 0 Å². The fourth-order valence-corrected chi connectivity index (χ4v) is 3.00. The Morgan fingerprint density at radius 1 is 0.933 bits per heavy atom. The Balaban J connectivity index is 1.58. The summed E-state index contributed by atoms with van der Waals surface area (Å²) in [6.45, 7) is 0. The molecule has 1 heterocycles. The van der Waals surface area contributed by atoms with Crippen molar-refractivity contribution in [3.05, 3.63) is 93.8 Å². The van der Waals surface area contributed by atoms with Gasteiger partial charge >= 0.3 is 5.97 Å². The maximum absolute atomic E-state index is 12.7. The van der Waals surface area contributed by atoms with Gasteiger partial charge in [0.05, 0.1) is 23.1 Å². The molecule has 4 aromatic rings. The SMILES string of the molecule is COc1ccc(Oc2coc3cc(OC(=O)c4ccccc4Cl)ccc3c2=O)cc1. The van der Waals surface area contributed by atoms with Crippen LogP contribution in [-0.2, 0) is 0 Å². The molecule has 0 saturated heterocycles. The molecular weight excluding hydrogens is 408 g/mol. The molecule has 0 fully saturated rings. The average Bonchev–Trinajstić information content (AvgIpc) is 2.76. The molecule has 0 aliphatic rings. The Bertz CT molecular complexity index is 1280. The Morgan fingerprint density at radius 2 is 1.63 bits per heavy atom. The lowest BCUT2D eigenvalue weighted by Crippen LogP contribution is -2.09. The van der Waals surface area contributed by atoms with Crippen LogP contribution in [-0.4, -0.2) is 13.1 Å². The third-order valence-corrected chi connectivity index (χ3v) is 4.64. The van der Waals surface area contributed by atoms with Crippen molar-refractivity contribution >= 4 is 28.5 Å². The fourth-order valence-electron chi connectivity index (χ4n) is 2.78. The van der Waals surface area contributed by atoms with Crippen LogP contribution < -0.4 is 19.6 Å². The molecule has 7 heteroatoms. The summed E-state index contributed by atoms with van der Waals surface area (Å²) < 4.78 is 21.6. The van der Waals surface area contributed by atoms with Crippen molar-refractivity contribution < 1.29 is 23.4 Å². The first kappa shape index (κ1) is 19.5. The summed E-state index contributed by atoms with van der Waals surface area (Å²) in [6, 6.07) is 17.8. The molecule has 30 heavy (non-hydrogen) atoms. The number of methoxy groups -OCH3 is 1. The van der Waals surface area contributed by atoms with Crippen LogP contribution in [0.2, 0.25) is 5.02 Å². The molecular formula is C23H15ClO6. The zero-order valence-corrected chi connectivity index (χ0v) is 16.5. The third kappa shape index (κ3) is 3.99. The first-order valence-corrected chi connectivity index (χ1v) is 9.27. The van der Waals surface area contributed by atoms with Crippen LogP contribution in [0, 0.1) is 0 Å². The van der Waals surface area contributed by atoms with Crippen molar-refractivity contribution in [3.8, 4) is 23.0 Å². The second-order valence-electron chi connectivity index (χ2n) is 6.23. The molecule has 0 atom stereocenters. The molecule has 6 nitrogen and oxygen atoms in total. The number of carbonyl (C=O) groups excluding carboxylic acids is 1. The number of hydrogen-bond donors (Lipinski definition) is 0. The lowest BCUT2D eigenvalue weighted by atomic mass is 10.2. The average molecular weight is 423 g/mol. The molecule has 1 aromatic heterocycles. The summed E-state index contributed by atoms with van der Waals surface area (Å²) in [5.41, 5.74) is 0.145. The highest BCUT2D eigenvalue weighted by Gasteiger charge is 2.14. The molecule has 0 aliphatic heterocycles. The number of hydrogen-bond acceptors (Lipinski definition) is 6. The highest BCUT2D eigenvalue weighted by atomic mass is 35.5. The van der Waals surface area contributed by atoms with Gasteiger partial charge in [0, 0.05) is 6.07 Å². The number of carbonyl (C=O) groups is 1. The summed E-state index contributed by atoms with van der Waals surface area (Å²) in [6.07, 6.45) is 1.22. The Kier molecular flexibility index (Phi) is 5.41. The number of halogens is 1. The van der Waals surface area contributed by atoms with Gasteiger partial charge in [-0.3, -0.25) is 4.79 Å². The van der Waals surface area contributed by atoms with Crippen molar-refractivity contribution in [1.82, 2.24) is 0 Å². The minimum Gasteiger partial charge on any atom is -0.497 e. The highest BCUT2D eigenvalue weighted by Crippen LogP contribution is 2.26. The monoisotopic (exact) mass is 422 g/mol. The van der Waals surface area contributed by atoms with Crippen LogP contribution >= 0.6 is 11.6 Å². The largest absolute Gasteiger partial charge is 0.497 e. The van der Waals surface area contributed by atoms with Gasteiger partial charge in [-0.25, -0.2) is 4.79 Å². The van der Waals surface area contributed by atoms with Crippen molar-refractivity contribution in [1.29, 1.82) is 0 Å². The summed E-state index contributed by atoms with van der Waals surface area (Å²) in [7, 11) is 1.56. The van der Waals surface area contributed by atoms with E-state index in [1.807, 2.05) is 0 Å². The zero-order chi connectivity index (χ0) is 21.1. The van der Waals surface area contributed by atoms with Crippen LogP contribution in [0.25, 0.3) is 11.0 Å². The minimum atomic E-state index is -0.609. The van der Waals surface area contributed by atoms with E-state index in [4.69, 9.17) is 30.2 Å². The standard InChI is InChI=1S/C23H15ClO6/c1-27-14-6-8-15(9-7-14)29-21-13-28-20-12-16(10-11-18(20)22(21)25)30-23(26)17-4-2-3-5-19(17)24/h2-13H,1H3. The Labute approximate surface area is 176 Å². The molecule has 0 unspecified atom stereocenters. The molecule has 4 rings (SSSR count). The molecule has 0 radical (unpaired) electrons. The number of esters is 1. The molecule has 0 spiro atoms. The Hall–Kier alpha value is -3.77. The summed E-state index contributed by atoms with van der Waals surface area (Å²) >= 11 is 6.02.